The topological polar surface area (TPSA) is 106 Å². The first-order valence-corrected chi connectivity index (χ1v) is 10.1. The summed E-state index contributed by atoms with van der Waals surface area (Å²) >= 11 is 0. The van der Waals surface area contributed by atoms with Gasteiger partial charge in [0.05, 0.1) is 34.0 Å². The first-order valence-electron chi connectivity index (χ1n) is 10.1. The SMILES string of the molecule is COc1cc(COC2CCNCC2)cc(OC)c1OC.O=C(O)C(O)c1ccccc1. The second kappa shape index (κ2) is 12.8. The van der Waals surface area contributed by atoms with E-state index in [1.165, 1.54) is 0 Å². The number of aliphatic hydroxyl groups excluding tert-OH is 1. The van der Waals surface area contributed by atoms with Gasteiger partial charge in [-0.2, -0.15) is 0 Å². The Morgan fingerprint density at radius 1 is 1.03 bits per heavy atom. The molecule has 2 aromatic carbocycles. The van der Waals surface area contributed by atoms with Gasteiger partial charge in [-0.15, -0.1) is 0 Å². The van der Waals surface area contributed by atoms with Gasteiger partial charge >= 0.3 is 5.97 Å². The second-order valence-corrected chi connectivity index (χ2v) is 6.95. The van der Waals surface area contributed by atoms with Crippen molar-refractivity contribution in [3.05, 3.63) is 53.6 Å². The van der Waals surface area contributed by atoms with E-state index in [1.807, 2.05) is 12.1 Å². The quantitative estimate of drug-likeness (QED) is 0.584. The van der Waals surface area contributed by atoms with Crippen molar-refractivity contribution in [1.29, 1.82) is 0 Å². The van der Waals surface area contributed by atoms with Gasteiger partial charge < -0.3 is 34.5 Å². The maximum atomic E-state index is 10.2. The number of carbonyl (C=O) groups is 1. The average Bonchev–Trinajstić information content (AvgIpc) is 2.83. The van der Waals surface area contributed by atoms with Gasteiger partial charge in [-0.05, 0) is 49.2 Å². The molecular weight excluding hydrogens is 402 g/mol. The van der Waals surface area contributed by atoms with E-state index >= 15 is 0 Å². The van der Waals surface area contributed by atoms with E-state index < -0.39 is 12.1 Å². The number of aliphatic carboxylic acids is 1. The zero-order chi connectivity index (χ0) is 22.6. The van der Waals surface area contributed by atoms with Crippen LogP contribution in [0.15, 0.2) is 42.5 Å². The fourth-order valence-electron chi connectivity index (χ4n) is 3.17. The Morgan fingerprint density at radius 2 is 1.61 bits per heavy atom. The Morgan fingerprint density at radius 3 is 2.10 bits per heavy atom. The fraction of sp³-hybridized carbons (Fsp3) is 0.435. The summed E-state index contributed by atoms with van der Waals surface area (Å²) in [5, 5.41) is 20.7. The van der Waals surface area contributed by atoms with Crippen molar-refractivity contribution in [2.24, 2.45) is 0 Å². The molecule has 3 rings (SSSR count). The summed E-state index contributed by atoms with van der Waals surface area (Å²) in [7, 11) is 4.84. The summed E-state index contributed by atoms with van der Waals surface area (Å²) in [6, 6.07) is 12.1. The lowest BCUT2D eigenvalue weighted by atomic mass is 10.1. The molecule has 3 N–H and O–H groups in total. The molecule has 1 atom stereocenters. The molecule has 0 radical (unpaired) electrons. The molecule has 170 valence electrons. The van der Waals surface area contributed by atoms with Gasteiger partial charge in [0.1, 0.15) is 0 Å². The number of carboxylic acids is 1. The van der Waals surface area contributed by atoms with Crippen molar-refractivity contribution in [1.82, 2.24) is 5.32 Å². The molecule has 0 aliphatic carbocycles. The van der Waals surface area contributed by atoms with Gasteiger partial charge in [0.2, 0.25) is 5.75 Å². The number of hydrogen-bond donors (Lipinski definition) is 3. The number of piperidine rings is 1. The minimum Gasteiger partial charge on any atom is -0.493 e. The average molecular weight is 434 g/mol. The van der Waals surface area contributed by atoms with Gasteiger partial charge in [-0.25, -0.2) is 4.79 Å². The molecule has 0 aromatic heterocycles. The van der Waals surface area contributed by atoms with Crippen LogP contribution in [0.5, 0.6) is 17.2 Å². The lowest BCUT2D eigenvalue weighted by Crippen LogP contribution is -2.32. The Labute approximate surface area is 182 Å². The van der Waals surface area contributed by atoms with Crippen molar-refractivity contribution in [3.8, 4) is 17.2 Å². The monoisotopic (exact) mass is 433 g/mol. The number of rotatable bonds is 8. The third kappa shape index (κ3) is 7.43. The molecule has 1 aliphatic heterocycles. The molecule has 0 spiro atoms. The maximum absolute atomic E-state index is 10.2. The van der Waals surface area contributed by atoms with Crippen LogP contribution < -0.4 is 19.5 Å². The van der Waals surface area contributed by atoms with E-state index in [4.69, 9.17) is 29.2 Å². The molecule has 1 unspecified atom stereocenters. The normalized spacial score (nSPS) is 14.7. The van der Waals surface area contributed by atoms with E-state index in [0.717, 1.165) is 31.5 Å². The summed E-state index contributed by atoms with van der Waals surface area (Å²) in [5.41, 5.74) is 1.43. The summed E-state index contributed by atoms with van der Waals surface area (Å²) in [5.74, 6) is 0.711. The van der Waals surface area contributed by atoms with Crippen LogP contribution >= 0.6 is 0 Å². The lowest BCUT2D eigenvalue weighted by molar-refractivity contribution is -0.146. The third-order valence-electron chi connectivity index (χ3n) is 4.85. The minimum absolute atomic E-state index is 0.329. The highest BCUT2D eigenvalue weighted by molar-refractivity contribution is 5.73. The molecule has 31 heavy (non-hydrogen) atoms. The smallest absolute Gasteiger partial charge is 0.337 e. The standard InChI is InChI=1S/C15H23NO4.C8H8O3/c1-17-13-8-11(9-14(18-2)15(13)19-3)10-20-12-4-6-16-7-5-12;9-7(8(10)11)6-4-2-1-3-5-6/h8-9,12,16H,4-7,10H2,1-3H3;1-5,7,9H,(H,10,11). The number of carboxylic acid groups (broad SMARTS) is 1. The van der Waals surface area contributed by atoms with E-state index in [-0.39, 0.29) is 0 Å². The molecular formula is C23H31NO7. The number of ether oxygens (including phenoxy) is 4. The highest BCUT2D eigenvalue weighted by Gasteiger charge is 2.16. The van der Waals surface area contributed by atoms with Crippen molar-refractivity contribution in [3.63, 3.8) is 0 Å². The molecule has 1 aliphatic rings. The van der Waals surface area contributed by atoms with Crippen LogP contribution in [0.1, 0.15) is 30.1 Å². The molecule has 0 saturated carbocycles. The Bertz CT molecular complexity index is 782. The van der Waals surface area contributed by atoms with E-state index in [1.54, 1.807) is 51.7 Å². The maximum Gasteiger partial charge on any atom is 0.337 e. The fourth-order valence-corrected chi connectivity index (χ4v) is 3.17. The van der Waals surface area contributed by atoms with Crippen molar-refractivity contribution < 1.29 is 34.0 Å². The summed E-state index contributed by atoms with van der Waals surface area (Å²) in [4.78, 5) is 10.2. The first-order chi connectivity index (χ1) is 15.0. The Hall–Kier alpha value is -2.81. The molecule has 1 saturated heterocycles. The van der Waals surface area contributed by atoms with Crippen LogP contribution in [-0.2, 0) is 16.1 Å². The predicted molar refractivity (Wildman–Crippen MR) is 116 cm³/mol. The molecule has 2 aromatic rings. The van der Waals surface area contributed by atoms with Crippen molar-refractivity contribution in [2.45, 2.75) is 31.7 Å². The molecule has 0 bridgehead atoms. The van der Waals surface area contributed by atoms with Gasteiger partial charge in [0.25, 0.3) is 0 Å². The van der Waals surface area contributed by atoms with Crippen LogP contribution in [0.3, 0.4) is 0 Å². The zero-order valence-electron chi connectivity index (χ0n) is 18.2. The highest BCUT2D eigenvalue weighted by Crippen LogP contribution is 2.38. The Balaban J connectivity index is 0.000000262. The van der Waals surface area contributed by atoms with Crippen LogP contribution in [0.2, 0.25) is 0 Å². The Kier molecular flexibility index (Phi) is 10.1. The minimum atomic E-state index is -1.41. The highest BCUT2D eigenvalue weighted by atomic mass is 16.5. The predicted octanol–water partition coefficient (Wildman–Crippen LogP) is 2.79. The van der Waals surface area contributed by atoms with E-state index in [2.05, 4.69) is 5.32 Å². The largest absolute Gasteiger partial charge is 0.493 e. The number of methoxy groups -OCH3 is 3. The first kappa shape index (κ1) is 24.5. The number of benzene rings is 2. The zero-order valence-corrected chi connectivity index (χ0v) is 18.2. The van der Waals surface area contributed by atoms with Crippen molar-refractivity contribution >= 4 is 5.97 Å². The molecule has 1 fully saturated rings. The number of hydrogen-bond acceptors (Lipinski definition) is 7. The van der Waals surface area contributed by atoms with Crippen LogP contribution in [0.25, 0.3) is 0 Å². The van der Waals surface area contributed by atoms with Crippen LogP contribution in [-0.4, -0.2) is 56.7 Å². The third-order valence-corrected chi connectivity index (χ3v) is 4.85. The molecule has 1 heterocycles. The number of aliphatic hydroxyl groups is 1. The van der Waals surface area contributed by atoms with E-state index in [9.17, 15) is 4.79 Å². The van der Waals surface area contributed by atoms with Crippen LogP contribution in [0.4, 0.5) is 0 Å². The summed E-state index contributed by atoms with van der Waals surface area (Å²) in [6.45, 7) is 2.61. The number of nitrogens with one attached hydrogen (secondary N) is 1. The molecule has 8 nitrogen and oxygen atoms in total. The molecule has 8 heteroatoms. The second-order valence-electron chi connectivity index (χ2n) is 6.95. The lowest BCUT2D eigenvalue weighted by Gasteiger charge is -2.23. The van der Waals surface area contributed by atoms with Gasteiger partial charge in [0, 0.05) is 0 Å². The van der Waals surface area contributed by atoms with E-state index in [0.29, 0.717) is 35.5 Å². The van der Waals surface area contributed by atoms with Gasteiger partial charge in [-0.1, -0.05) is 30.3 Å². The van der Waals surface area contributed by atoms with Crippen LogP contribution in [0, 0.1) is 0 Å². The van der Waals surface area contributed by atoms with Gasteiger partial charge in [0.15, 0.2) is 17.6 Å². The summed E-state index contributed by atoms with van der Waals surface area (Å²) in [6.07, 6.45) is 1.04. The summed E-state index contributed by atoms with van der Waals surface area (Å²) < 4.78 is 21.9. The molecule has 0 amide bonds. The van der Waals surface area contributed by atoms with Crippen molar-refractivity contribution in [2.75, 3.05) is 34.4 Å². The van der Waals surface area contributed by atoms with Gasteiger partial charge in [-0.3, -0.25) is 0 Å².